The minimum atomic E-state index is -0.646. The van der Waals surface area contributed by atoms with Crippen LogP contribution in [0, 0.1) is 19.7 Å². The van der Waals surface area contributed by atoms with E-state index < -0.39 is 5.54 Å². The summed E-state index contributed by atoms with van der Waals surface area (Å²) in [5.74, 6) is -0.0550. The van der Waals surface area contributed by atoms with Crippen molar-refractivity contribution in [3.63, 3.8) is 0 Å². The van der Waals surface area contributed by atoms with Gasteiger partial charge in [0, 0.05) is 30.8 Å². The molecule has 5 rings (SSSR count). The molecule has 1 aliphatic rings. The average Bonchev–Trinajstić information content (AvgIpc) is 3.49. The van der Waals surface area contributed by atoms with Gasteiger partial charge in [-0.15, -0.1) is 0 Å². The highest BCUT2D eigenvalue weighted by molar-refractivity contribution is 5.94. The zero-order valence-electron chi connectivity index (χ0n) is 23.3. The van der Waals surface area contributed by atoms with Crippen molar-refractivity contribution in [3.8, 4) is 11.3 Å². The Morgan fingerprint density at radius 2 is 1.79 bits per heavy atom. The van der Waals surface area contributed by atoms with Crippen LogP contribution in [0.5, 0.6) is 0 Å². The number of hydrogen-bond acceptors (Lipinski definition) is 6. The van der Waals surface area contributed by atoms with Crippen molar-refractivity contribution in [2.24, 2.45) is 0 Å². The summed E-state index contributed by atoms with van der Waals surface area (Å²) in [6.45, 7) is 14.6. The molecule has 0 unspecified atom stereocenters. The lowest BCUT2D eigenvalue weighted by molar-refractivity contribution is 0.0160. The molecule has 0 atom stereocenters. The number of aromatic amines is 1. The minimum Gasteiger partial charge on any atom is -0.332 e. The van der Waals surface area contributed by atoms with Crippen molar-refractivity contribution in [1.82, 2.24) is 39.6 Å². The Bertz CT molecular complexity index is 1600. The molecule has 2 amide bonds. The highest BCUT2D eigenvalue weighted by atomic mass is 19.1. The molecule has 0 aliphatic carbocycles. The van der Waals surface area contributed by atoms with E-state index in [2.05, 4.69) is 36.0 Å². The van der Waals surface area contributed by atoms with Crippen molar-refractivity contribution >= 4 is 17.5 Å². The van der Waals surface area contributed by atoms with Crippen LogP contribution in [0.2, 0.25) is 0 Å². The number of piperazine rings is 1. The smallest absolute Gasteiger partial charge is 0.291 e. The van der Waals surface area contributed by atoms with Crippen LogP contribution < -0.4 is 0 Å². The molecule has 4 aromatic rings. The number of halogens is 1. The van der Waals surface area contributed by atoms with E-state index in [4.69, 9.17) is 10.1 Å². The van der Waals surface area contributed by atoms with Gasteiger partial charge in [-0.25, -0.2) is 18.9 Å². The van der Waals surface area contributed by atoms with Crippen LogP contribution in [0.1, 0.15) is 72.7 Å². The molecule has 11 heteroatoms. The molecular formula is C28H33FN8O2. The summed E-state index contributed by atoms with van der Waals surface area (Å²) < 4.78 is 15.6. The maximum Gasteiger partial charge on any atom is 0.291 e. The fourth-order valence-electron chi connectivity index (χ4n) is 5.01. The number of nitrogens with one attached hydrogen (secondary N) is 1. The van der Waals surface area contributed by atoms with Crippen LogP contribution in [0.3, 0.4) is 0 Å². The van der Waals surface area contributed by atoms with Crippen LogP contribution in [0.15, 0.2) is 30.5 Å². The summed E-state index contributed by atoms with van der Waals surface area (Å²) in [5, 5.41) is 11.4. The Balaban J connectivity index is 1.47. The molecule has 204 valence electrons. The monoisotopic (exact) mass is 532 g/mol. The molecule has 4 heterocycles. The Kier molecular flexibility index (Phi) is 6.27. The van der Waals surface area contributed by atoms with Crippen molar-refractivity contribution in [2.45, 2.75) is 59.4 Å². The van der Waals surface area contributed by atoms with Crippen LogP contribution in [-0.4, -0.2) is 76.6 Å². The minimum absolute atomic E-state index is 0.191. The van der Waals surface area contributed by atoms with E-state index in [0.29, 0.717) is 42.4 Å². The topological polar surface area (TPSA) is 112 Å². The zero-order valence-corrected chi connectivity index (χ0v) is 23.3. The number of fused-ring (bicyclic) bond motifs is 1. The van der Waals surface area contributed by atoms with Gasteiger partial charge in [-0.05, 0) is 62.9 Å². The van der Waals surface area contributed by atoms with Gasteiger partial charge in [-0.3, -0.25) is 14.7 Å². The van der Waals surface area contributed by atoms with Gasteiger partial charge in [0.25, 0.3) is 11.8 Å². The van der Waals surface area contributed by atoms with Crippen LogP contribution in [0.4, 0.5) is 4.39 Å². The fourth-order valence-corrected chi connectivity index (χ4v) is 5.01. The molecule has 10 nitrogen and oxygen atoms in total. The fraction of sp³-hybridized carbons (Fsp3) is 0.429. The summed E-state index contributed by atoms with van der Waals surface area (Å²) in [5.41, 5.74) is 2.85. The lowest BCUT2D eigenvalue weighted by Gasteiger charge is -2.46. The summed E-state index contributed by atoms with van der Waals surface area (Å²) >= 11 is 0. The second-order valence-corrected chi connectivity index (χ2v) is 11.8. The predicted molar refractivity (Wildman–Crippen MR) is 144 cm³/mol. The van der Waals surface area contributed by atoms with Gasteiger partial charge in [-0.1, -0.05) is 20.8 Å². The second kappa shape index (κ2) is 9.25. The molecule has 1 fully saturated rings. The number of hydrogen-bond donors (Lipinski definition) is 1. The molecule has 1 N–H and O–H groups in total. The van der Waals surface area contributed by atoms with E-state index in [0.717, 1.165) is 11.1 Å². The van der Waals surface area contributed by atoms with E-state index in [1.807, 2.05) is 19.9 Å². The maximum absolute atomic E-state index is 13.9. The van der Waals surface area contributed by atoms with Crippen LogP contribution >= 0.6 is 0 Å². The molecular weight excluding hydrogens is 499 g/mol. The lowest BCUT2D eigenvalue weighted by Crippen LogP contribution is -2.62. The number of aromatic nitrogens is 6. The van der Waals surface area contributed by atoms with Crippen molar-refractivity contribution in [3.05, 3.63) is 64.7 Å². The Hall–Kier alpha value is -4.15. The molecule has 39 heavy (non-hydrogen) atoms. The van der Waals surface area contributed by atoms with Crippen molar-refractivity contribution in [1.29, 1.82) is 0 Å². The molecule has 0 radical (unpaired) electrons. The first-order valence-corrected chi connectivity index (χ1v) is 12.9. The normalized spacial score (nSPS) is 15.7. The van der Waals surface area contributed by atoms with Gasteiger partial charge in [0.1, 0.15) is 17.3 Å². The number of aryl methyl sites for hydroxylation is 2. The van der Waals surface area contributed by atoms with Crippen LogP contribution in [-0.2, 0) is 5.41 Å². The largest absolute Gasteiger partial charge is 0.332 e. The van der Waals surface area contributed by atoms with Crippen LogP contribution in [0.25, 0.3) is 16.9 Å². The number of benzene rings is 1. The zero-order chi connectivity index (χ0) is 28.3. The number of carbonyl (C=O) groups excluding carboxylic acids is 2. The molecule has 3 aromatic heterocycles. The number of imidazole rings is 1. The number of amides is 2. The van der Waals surface area contributed by atoms with E-state index in [-0.39, 0.29) is 34.6 Å². The quantitative estimate of drug-likeness (QED) is 0.428. The Morgan fingerprint density at radius 1 is 1.05 bits per heavy atom. The van der Waals surface area contributed by atoms with Gasteiger partial charge in [0.15, 0.2) is 5.65 Å². The highest BCUT2D eigenvalue weighted by Gasteiger charge is 2.40. The van der Waals surface area contributed by atoms with Crippen molar-refractivity contribution in [2.75, 3.05) is 19.6 Å². The van der Waals surface area contributed by atoms with E-state index in [1.165, 1.54) is 6.07 Å². The number of rotatable bonds is 3. The van der Waals surface area contributed by atoms with Gasteiger partial charge >= 0.3 is 0 Å². The molecule has 1 aliphatic heterocycles. The SMILES string of the molecule is Cc1n[nH]c(C(=O)N2CCN(C(=O)c3cn4nc(-c5ccc(F)c(C)c5)cc(C(C)(C)C)c4n3)C(C)(C)C2)n1. The first-order chi connectivity index (χ1) is 18.2. The third-order valence-corrected chi connectivity index (χ3v) is 7.14. The molecule has 0 saturated carbocycles. The highest BCUT2D eigenvalue weighted by Crippen LogP contribution is 2.31. The molecule has 0 spiro atoms. The third-order valence-electron chi connectivity index (χ3n) is 7.14. The standard InChI is InChI=1S/C28H33FN8O2/c1-16-12-18(8-9-20(16)29)21-13-19(27(3,4)5)24-31-22(14-37(24)34-21)25(38)36-11-10-35(15-28(36,6)7)26(39)23-30-17(2)32-33-23/h8-9,12-14H,10-11,15H2,1-7H3,(H,30,32,33). The van der Waals surface area contributed by atoms with Gasteiger partial charge in [-0.2, -0.15) is 10.2 Å². The summed E-state index contributed by atoms with van der Waals surface area (Å²) in [4.78, 5) is 39.0. The number of H-pyrrole nitrogens is 1. The van der Waals surface area contributed by atoms with E-state index in [1.54, 1.807) is 46.5 Å². The molecule has 1 saturated heterocycles. The summed E-state index contributed by atoms with van der Waals surface area (Å²) in [6, 6.07) is 6.87. The molecule has 1 aromatic carbocycles. The average molecular weight is 533 g/mol. The predicted octanol–water partition coefficient (Wildman–Crippen LogP) is 3.94. The first kappa shape index (κ1) is 26.5. The number of carbonyl (C=O) groups is 2. The second-order valence-electron chi connectivity index (χ2n) is 11.8. The van der Waals surface area contributed by atoms with Gasteiger partial charge < -0.3 is 9.80 Å². The van der Waals surface area contributed by atoms with Gasteiger partial charge in [0.2, 0.25) is 5.82 Å². The summed E-state index contributed by atoms with van der Waals surface area (Å²) in [6.07, 6.45) is 1.65. The Labute approximate surface area is 226 Å². The maximum atomic E-state index is 13.9. The Morgan fingerprint density at radius 3 is 2.41 bits per heavy atom. The molecule has 0 bridgehead atoms. The van der Waals surface area contributed by atoms with Crippen molar-refractivity contribution < 1.29 is 14.0 Å². The van der Waals surface area contributed by atoms with E-state index >= 15 is 0 Å². The van der Waals surface area contributed by atoms with Gasteiger partial charge in [0.05, 0.1) is 17.4 Å². The third kappa shape index (κ3) is 4.88. The summed E-state index contributed by atoms with van der Waals surface area (Å²) in [7, 11) is 0. The van der Waals surface area contributed by atoms with E-state index in [9.17, 15) is 14.0 Å². The number of nitrogens with zero attached hydrogens (tertiary/aromatic N) is 7. The first-order valence-electron chi connectivity index (χ1n) is 12.9. The lowest BCUT2D eigenvalue weighted by atomic mass is 9.87.